The van der Waals surface area contributed by atoms with Crippen molar-refractivity contribution in [1.82, 2.24) is 5.43 Å². The highest BCUT2D eigenvalue weighted by molar-refractivity contribution is 9.10. The number of nitrogens with one attached hydrogen (secondary N) is 1. The van der Waals surface area contributed by atoms with Gasteiger partial charge in [-0.1, -0.05) is 35.0 Å². The van der Waals surface area contributed by atoms with Gasteiger partial charge in [0.15, 0.2) is 6.61 Å². The fourth-order valence-electron chi connectivity index (χ4n) is 2.04. The third-order valence-corrected chi connectivity index (χ3v) is 3.74. The molecule has 0 aliphatic heterocycles. The second-order valence-corrected chi connectivity index (χ2v) is 5.96. The van der Waals surface area contributed by atoms with Gasteiger partial charge >= 0.3 is 0 Å². The number of rotatable bonds is 7. The van der Waals surface area contributed by atoms with Crippen molar-refractivity contribution in [3.05, 3.63) is 68.2 Å². The molecule has 0 spiro atoms. The maximum Gasteiger partial charge on any atom is 0.277 e. The molecular weight excluding hydrogens is 390 g/mol. The molecule has 1 amide bonds. The maximum absolute atomic E-state index is 11.8. The Balaban J connectivity index is 1.89. The molecule has 0 saturated heterocycles. The lowest BCUT2D eigenvalue weighted by molar-refractivity contribution is -0.384. The summed E-state index contributed by atoms with van der Waals surface area (Å²) >= 11 is 3.39. The molecule has 0 aliphatic carbocycles. The number of hydrogen-bond acceptors (Lipinski definition) is 5. The quantitative estimate of drug-likeness (QED) is 0.433. The highest BCUT2D eigenvalue weighted by atomic mass is 79.9. The molecule has 0 atom stereocenters. The second-order valence-electron chi connectivity index (χ2n) is 5.04. The highest BCUT2D eigenvalue weighted by Gasteiger charge is 2.07. The standard InChI is InChI=1S/C17H16BrN3O4/c1-2-13-9-14(18)6-7-16(13)25-11-17(22)20-19-10-12-4-3-5-15(8-12)21(23)24/h3-10H,2,11H2,1H3,(H,20,22)/b19-10+. The molecule has 8 heteroatoms. The Morgan fingerprint density at radius 2 is 2.16 bits per heavy atom. The molecule has 2 rings (SSSR count). The predicted molar refractivity (Wildman–Crippen MR) is 97.8 cm³/mol. The SMILES string of the molecule is CCc1cc(Br)ccc1OCC(=O)N/N=C/c1cccc([N+](=O)[O-])c1. The van der Waals surface area contributed by atoms with Crippen LogP contribution in [0, 0.1) is 10.1 Å². The number of nitrogens with zero attached hydrogens (tertiary/aromatic N) is 2. The van der Waals surface area contributed by atoms with Crippen molar-refractivity contribution in [2.45, 2.75) is 13.3 Å². The van der Waals surface area contributed by atoms with Crippen LogP contribution in [-0.2, 0) is 11.2 Å². The molecule has 0 heterocycles. The Kier molecular flexibility index (Phi) is 6.64. The van der Waals surface area contributed by atoms with Crippen LogP contribution in [0.4, 0.5) is 5.69 Å². The van der Waals surface area contributed by atoms with Gasteiger partial charge in [-0.25, -0.2) is 5.43 Å². The number of aryl methyl sites for hydroxylation is 1. The molecule has 0 aliphatic rings. The van der Waals surface area contributed by atoms with Gasteiger partial charge in [0.05, 0.1) is 11.1 Å². The Morgan fingerprint density at radius 1 is 1.36 bits per heavy atom. The molecule has 2 aromatic rings. The first kappa shape index (κ1) is 18.6. The molecule has 0 bridgehead atoms. The zero-order valence-corrected chi connectivity index (χ0v) is 15.0. The molecule has 0 fully saturated rings. The van der Waals surface area contributed by atoms with Crippen molar-refractivity contribution in [3.63, 3.8) is 0 Å². The van der Waals surface area contributed by atoms with Crippen LogP contribution >= 0.6 is 15.9 Å². The maximum atomic E-state index is 11.8. The number of nitro groups is 1. The largest absolute Gasteiger partial charge is 0.483 e. The first-order valence-electron chi connectivity index (χ1n) is 7.47. The van der Waals surface area contributed by atoms with Crippen LogP contribution in [0.5, 0.6) is 5.75 Å². The fourth-order valence-corrected chi connectivity index (χ4v) is 2.45. The van der Waals surface area contributed by atoms with E-state index in [4.69, 9.17) is 4.74 Å². The molecule has 0 radical (unpaired) electrons. The van der Waals surface area contributed by atoms with Gasteiger partial charge in [0.1, 0.15) is 5.75 Å². The van der Waals surface area contributed by atoms with E-state index in [1.165, 1.54) is 18.3 Å². The number of ether oxygens (including phenoxy) is 1. The van der Waals surface area contributed by atoms with E-state index in [2.05, 4.69) is 26.5 Å². The number of carbonyl (C=O) groups excluding carboxylic acids is 1. The molecular formula is C17H16BrN3O4. The van der Waals surface area contributed by atoms with E-state index in [0.29, 0.717) is 11.3 Å². The van der Waals surface area contributed by atoms with Crippen LogP contribution in [0.1, 0.15) is 18.1 Å². The lowest BCUT2D eigenvalue weighted by atomic mass is 10.1. The zero-order valence-electron chi connectivity index (χ0n) is 13.4. The van der Waals surface area contributed by atoms with Crippen molar-refractivity contribution >= 4 is 33.7 Å². The lowest BCUT2D eigenvalue weighted by Crippen LogP contribution is -2.24. The summed E-state index contributed by atoms with van der Waals surface area (Å²) in [5.74, 6) is 0.218. The second kappa shape index (κ2) is 8.93. The van der Waals surface area contributed by atoms with E-state index >= 15 is 0 Å². The van der Waals surface area contributed by atoms with Gasteiger partial charge in [0.2, 0.25) is 0 Å². The summed E-state index contributed by atoms with van der Waals surface area (Å²) in [6.07, 6.45) is 2.11. The summed E-state index contributed by atoms with van der Waals surface area (Å²) in [4.78, 5) is 22.0. The summed E-state index contributed by atoms with van der Waals surface area (Å²) in [7, 11) is 0. The van der Waals surface area contributed by atoms with Crippen molar-refractivity contribution in [1.29, 1.82) is 0 Å². The van der Waals surface area contributed by atoms with Crippen molar-refractivity contribution < 1.29 is 14.5 Å². The van der Waals surface area contributed by atoms with Crippen molar-refractivity contribution in [3.8, 4) is 5.75 Å². The number of hydrogen-bond donors (Lipinski definition) is 1. The first-order chi connectivity index (χ1) is 12.0. The van der Waals surface area contributed by atoms with Crippen LogP contribution in [0.3, 0.4) is 0 Å². The van der Waals surface area contributed by atoms with Gasteiger partial charge in [0, 0.05) is 22.2 Å². The van der Waals surface area contributed by atoms with E-state index in [1.807, 2.05) is 19.1 Å². The van der Waals surface area contributed by atoms with Crippen molar-refractivity contribution in [2.75, 3.05) is 6.61 Å². The summed E-state index contributed by atoms with van der Waals surface area (Å²) in [6.45, 7) is 1.82. The van der Waals surface area contributed by atoms with Gasteiger partial charge in [-0.3, -0.25) is 14.9 Å². The highest BCUT2D eigenvalue weighted by Crippen LogP contribution is 2.23. The molecule has 0 aromatic heterocycles. The number of non-ortho nitro benzene ring substituents is 1. The van der Waals surface area contributed by atoms with Crippen LogP contribution in [0.15, 0.2) is 52.0 Å². The molecule has 7 nitrogen and oxygen atoms in total. The topological polar surface area (TPSA) is 93.8 Å². The molecule has 0 saturated carbocycles. The van der Waals surface area contributed by atoms with Gasteiger partial charge < -0.3 is 4.74 Å². The molecule has 1 N–H and O–H groups in total. The van der Waals surface area contributed by atoms with Crippen LogP contribution in [0.2, 0.25) is 0 Å². The number of amides is 1. The minimum atomic E-state index is -0.493. The summed E-state index contributed by atoms with van der Waals surface area (Å²) < 4.78 is 6.45. The Hall–Kier alpha value is -2.74. The zero-order chi connectivity index (χ0) is 18.2. The third kappa shape index (κ3) is 5.68. The molecule has 130 valence electrons. The minimum Gasteiger partial charge on any atom is -0.483 e. The monoisotopic (exact) mass is 405 g/mol. The van der Waals surface area contributed by atoms with E-state index in [9.17, 15) is 14.9 Å². The smallest absolute Gasteiger partial charge is 0.277 e. The summed E-state index contributed by atoms with van der Waals surface area (Å²) in [6, 6.07) is 11.5. The van der Waals surface area contributed by atoms with Gasteiger partial charge in [-0.2, -0.15) is 5.10 Å². The minimum absolute atomic E-state index is 0.0408. The predicted octanol–water partition coefficient (Wildman–Crippen LogP) is 3.45. The Labute approximate surface area is 153 Å². The molecule has 0 unspecified atom stereocenters. The van der Waals surface area contributed by atoms with Gasteiger partial charge in [0.25, 0.3) is 11.6 Å². The van der Waals surface area contributed by atoms with E-state index in [1.54, 1.807) is 18.2 Å². The molecule has 2 aromatic carbocycles. The Bertz CT molecular complexity index is 808. The Morgan fingerprint density at radius 3 is 2.88 bits per heavy atom. The lowest BCUT2D eigenvalue weighted by Gasteiger charge is -2.09. The number of benzene rings is 2. The third-order valence-electron chi connectivity index (χ3n) is 3.25. The number of hydrazone groups is 1. The number of nitro benzene ring substituents is 1. The summed E-state index contributed by atoms with van der Waals surface area (Å²) in [5, 5.41) is 14.5. The van der Waals surface area contributed by atoms with E-state index in [0.717, 1.165) is 16.5 Å². The van der Waals surface area contributed by atoms with Crippen LogP contribution in [0.25, 0.3) is 0 Å². The summed E-state index contributed by atoms with van der Waals surface area (Å²) in [5.41, 5.74) is 3.78. The fraction of sp³-hybridized carbons (Fsp3) is 0.176. The average Bonchev–Trinajstić information content (AvgIpc) is 2.60. The normalized spacial score (nSPS) is 10.6. The van der Waals surface area contributed by atoms with E-state index < -0.39 is 10.8 Å². The van der Waals surface area contributed by atoms with Crippen LogP contribution in [-0.4, -0.2) is 23.7 Å². The average molecular weight is 406 g/mol. The van der Waals surface area contributed by atoms with E-state index in [-0.39, 0.29) is 12.3 Å². The first-order valence-corrected chi connectivity index (χ1v) is 8.26. The van der Waals surface area contributed by atoms with Crippen molar-refractivity contribution in [2.24, 2.45) is 5.10 Å². The van der Waals surface area contributed by atoms with Crippen LogP contribution < -0.4 is 10.2 Å². The number of halogens is 1. The molecule has 25 heavy (non-hydrogen) atoms. The van der Waals surface area contributed by atoms with Gasteiger partial charge in [-0.15, -0.1) is 0 Å². The number of carbonyl (C=O) groups is 1. The van der Waals surface area contributed by atoms with Gasteiger partial charge in [-0.05, 0) is 30.2 Å².